The van der Waals surface area contributed by atoms with E-state index in [4.69, 9.17) is 10.5 Å². The van der Waals surface area contributed by atoms with E-state index in [0.717, 1.165) is 0 Å². The minimum absolute atomic E-state index is 0.219. The van der Waals surface area contributed by atoms with Crippen LogP contribution in [-0.4, -0.2) is 66.4 Å². The largest absolute Gasteiger partial charge is 0.497 e. The predicted molar refractivity (Wildman–Crippen MR) is 127 cm³/mol. The molecule has 2 N–H and O–H groups in total. The summed E-state index contributed by atoms with van der Waals surface area (Å²) in [5.74, 6) is 0.552. The number of ether oxygens (including phenoxy) is 1. The first kappa shape index (κ1) is 23.9. The van der Waals surface area contributed by atoms with Crippen LogP contribution in [0.2, 0.25) is 0 Å². The third kappa shape index (κ3) is 4.29. The number of carbonyl (C=O) groups excluding carboxylic acids is 1. The summed E-state index contributed by atoms with van der Waals surface area (Å²) in [7, 11) is -0.442. The molecule has 3 aromatic rings. The van der Waals surface area contributed by atoms with Gasteiger partial charge in [-0.15, -0.1) is 0 Å². The Balaban J connectivity index is 1.53. The second-order valence-corrected chi connectivity index (χ2v) is 10.2. The van der Waals surface area contributed by atoms with Crippen molar-refractivity contribution in [1.29, 1.82) is 0 Å². The van der Waals surface area contributed by atoms with E-state index in [2.05, 4.69) is 9.88 Å². The van der Waals surface area contributed by atoms with E-state index in [1.54, 1.807) is 43.4 Å². The molecule has 1 atom stereocenters. The zero-order valence-electron chi connectivity index (χ0n) is 19.3. The number of amides is 1. The van der Waals surface area contributed by atoms with Crippen molar-refractivity contribution >= 4 is 26.8 Å². The van der Waals surface area contributed by atoms with E-state index in [-0.39, 0.29) is 22.1 Å². The number of hydrogen-bond donors (Lipinski definition) is 1. The fraction of sp³-hybridized carbons (Fsp3) is 0.348. The van der Waals surface area contributed by atoms with E-state index in [0.29, 0.717) is 48.7 Å². The van der Waals surface area contributed by atoms with Gasteiger partial charge >= 0.3 is 0 Å². The van der Waals surface area contributed by atoms with Crippen LogP contribution in [0.5, 0.6) is 5.75 Å². The van der Waals surface area contributed by atoms with Crippen LogP contribution in [0, 0.1) is 0 Å². The Labute approximate surface area is 197 Å². The van der Waals surface area contributed by atoms with Crippen molar-refractivity contribution in [1.82, 2.24) is 18.8 Å². The van der Waals surface area contributed by atoms with Crippen LogP contribution < -0.4 is 16.0 Å². The average molecular weight is 486 g/mol. The van der Waals surface area contributed by atoms with Crippen molar-refractivity contribution in [2.75, 3.05) is 33.3 Å². The Hall–Kier alpha value is -3.28. The molecule has 11 heteroatoms. The number of piperazine rings is 1. The van der Waals surface area contributed by atoms with Crippen molar-refractivity contribution in [3.63, 3.8) is 0 Å². The van der Waals surface area contributed by atoms with Crippen LogP contribution in [0.4, 0.5) is 0 Å². The van der Waals surface area contributed by atoms with Gasteiger partial charge in [-0.25, -0.2) is 13.4 Å². The predicted octanol–water partition coefficient (Wildman–Crippen LogP) is 1.11. The maximum Gasteiger partial charge on any atom is 0.261 e. The molecule has 4 rings (SSSR count). The molecule has 0 spiro atoms. The van der Waals surface area contributed by atoms with Crippen molar-refractivity contribution in [3.05, 3.63) is 64.2 Å². The summed E-state index contributed by atoms with van der Waals surface area (Å²) in [4.78, 5) is 31.4. The molecule has 0 radical (unpaired) electrons. The summed E-state index contributed by atoms with van der Waals surface area (Å²) in [5.41, 5.74) is 5.80. The van der Waals surface area contributed by atoms with Crippen molar-refractivity contribution in [3.8, 4) is 5.75 Å². The molecule has 0 aliphatic carbocycles. The monoisotopic (exact) mass is 485 g/mol. The standard InChI is InChI=1S/C23H27N5O5S/c1-15(22-25-20-9-4-16(21(24)29)14-19(20)23(30)26(22)2)27-10-12-28(13-11-27)34(31,32)18-7-5-17(33-3)6-8-18/h4-9,14-15H,10-13H2,1-3H3,(H2,24,29). The lowest BCUT2D eigenvalue weighted by atomic mass is 10.1. The number of nitrogens with zero attached hydrogens (tertiary/aromatic N) is 4. The third-order valence-corrected chi connectivity index (χ3v) is 8.20. The Morgan fingerprint density at radius 1 is 1.09 bits per heavy atom. The molecule has 1 aromatic heterocycles. The number of hydrogen-bond acceptors (Lipinski definition) is 7. The molecule has 1 aliphatic rings. The molecule has 2 heterocycles. The van der Waals surface area contributed by atoms with E-state index < -0.39 is 15.9 Å². The molecule has 1 fully saturated rings. The summed E-state index contributed by atoms with van der Waals surface area (Å²) >= 11 is 0. The summed E-state index contributed by atoms with van der Waals surface area (Å²) in [6.45, 7) is 3.57. The van der Waals surface area contributed by atoms with Gasteiger partial charge in [0.25, 0.3) is 5.56 Å². The van der Waals surface area contributed by atoms with Crippen LogP contribution in [0.3, 0.4) is 0 Å². The van der Waals surface area contributed by atoms with Crippen LogP contribution in [-0.2, 0) is 17.1 Å². The number of benzene rings is 2. The van der Waals surface area contributed by atoms with Crippen molar-refractivity contribution < 1.29 is 17.9 Å². The lowest BCUT2D eigenvalue weighted by molar-refractivity contribution is 0.100. The van der Waals surface area contributed by atoms with E-state index in [1.165, 1.54) is 22.0 Å². The normalized spacial score (nSPS) is 16.4. The quantitative estimate of drug-likeness (QED) is 0.554. The highest BCUT2D eigenvalue weighted by Crippen LogP contribution is 2.25. The van der Waals surface area contributed by atoms with Gasteiger partial charge in [0.1, 0.15) is 11.6 Å². The molecule has 0 bridgehead atoms. The van der Waals surface area contributed by atoms with Gasteiger partial charge in [-0.2, -0.15) is 4.31 Å². The second-order valence-electron chi connectivity index (χ2n) is 8.22. The van der Waals surface area contributed by atoms with E-state index >= 15 is 0 Å². The maximum absolute atomic E-state index is 13.0. The maximum atomic E-state index is 13.0. The Morgan fingerprint density at radius 2 is 1.74 bits per heavy atom. The molecule has 10 nitrogen and oxygen atoms in total. The number of methoxy groups -OCH3 is 1. The number of sulfonamides is 1. The summed E-state index contributed by atoms with van der Waals surface area (Å²) < 4.78 is 34.1. The van der Waals surface area contributed by atoms with Crippen LogP contribution in [0.25, 0.3) is 10.9 Å². The topological polar surface area (TPSA) is 128 Å². The third-order valence-electron chi connectivity index (χ3n) is 6.29. The highest BCUT2D eigenvalue weighted by Gasteiger charge is 2.31. The number of aromatic nitrogens is 2. The van der Waals surface area contributed by atoms with Gasteiger partial charge in [0, 0.05) is 38.8 Å². The second kappa shape index (κ2) is 9.16. The van der Waals surface area contributed by atoms with E-state index in [9.17, 15) is 18.0 Å². The smallest absolute Gasteiger partial charge is 0.261 e. The van der Waals surface area contributed by atoms with Gasteiger partial charge < -0.3 is 10.5 Å². The van der Waals surface area contributed by atoms with Crippen LogP contribution >= 0.6 is 0 Å². The fourth-order valence-electron chi connectivity index (χ4n) is 4.21. The molecule has 180 valence electrons. The molecule has 1 unspecified atom stereocenters. The van der Waals surface area contributed by atoms with Crippen molar-refractivity contribution in [2.24, 2.45) is 12.8 Å². The average Bonchev–Trinajstić information content (AvgIpc) is 2.85. The lowest BCUT2D eigenvalue weighted by Gasteiger charge is -2.37. The SMILES string of the molecule is COc1ccc(S(=O)(=O)N2CCN(C(C)c3nc4ccc(C(N)=O)cc4c(=O)n3C)CC2)cc1. The van der Waals surface area contributed by atoms with Gasteiger partial charge in [-0.3, -0.25) is 19.1 Å². The molecule has 34 heavy (non-hydrogen) atoms. The molecule has 1 aliphatic heterocycles. The highest BCUT2D eigenvalue weighted by atomic mass is 32.2. The van der Waals surface area contributed by atoms with Gasteiger partial charge in [0.2, 0.25) is 15.9 Å². The summed E-state index contributed by atoms with van der Waals surface area (Å²) in [6.07, 6.45) is 0. The van der Waals surface area contributed by atoms with Crippen LogP contribution in [0.1, 0.15) is 29.1 Å². The van der Waals surface area contributed by atoms with E-state index in [1.807, 2.05) is 6.92 Å². The number of rotatable bonds is 6. The van der Waals surface area contributed by atoms with Crippen LogP contribution in [0.15, 0.2) is 52.2 Å². The molecule has 0 saturated carbocycles. The summed E-state index contributed by atoms with van der Waals surface area (Å²) in [5, 5.41) is 0.324. The molecular formula is C23H27N5O5S. The van der Waals surface area contributed by atoms with Gasteiger partial charge in [-0.1, -0.05) is 0 Å². The minimum Gasteiger partial charge on any atom is -0.497 e. The van der Waals surface area contributed by atoms with Gasteiger partial charge in [-0.05, 0) is 49.4 Å². The first-order valence-electron chi connectivity index (χ1n) is 10.8. The highest BCUT2D eigenvalue weighted by molar-refractivity contribution is 7.89. The van der Waals surface area contributed by atoms with Gasteiger partial charge in [0.15, 0.2) is 0 Å². The first-order chi connectivity index (χ1) is 16.1. The molecular weight excluding hydrogens is 458 g/mol. The number of primary amides is 1. The molecule has 2 aromatic carbocycles. The fourth-order valence-corrected chi connectivity index (χ4v) is 5.63. The lowest BCUT2D eigenvalue weighted by Crippen LogP contribution is -2.49. The molecule has 1 saturated heterocycles. The number of fused-ring (bicyclic) bond motifs is 1. The van der Waals surface area contributed by atoms with Gasteiger partial charge in [0.05, 0.1) is 29.0 Å². The first-order valence-corrected chi connectivity index (χ1v) is 12.3. The van der Waals surface area contributed by atoms with Crippen molar-refractivity contribution in [2.45, 2.75) is 17.9 Å². The number of carbonyl (C=O) groups is 1. The Morgan fingerprint density at radius 3 is 2.32 bits per heavy atom. The Bertz CT molecular complexity index is 1390. The summed E-state index contributed by atoms with van der Waals surface area (Å²) in [6, 6.07) is 10.8. The zero-order chi connectivity index (χ0) is 24.6. The number of nitrogens with two attached hydrogens (primary N) is 1. The Kier molecular flexibility index (Phi) is 6.43. The zero-order valence-corrected chi connectivity index (χ0v) is 20.1. The minimum atomic E-state index is -3.61. The molecule has 1 amide bonds.